The predicted molar refractivity (Wildman–Crippen MR) is 75.0 cm³/mol. The van der Waals surface area contributed by atoms with Crippen molar-refractivity contribution in [2.75, 3.05) is 25.6 Å². The first-order valence-corrected chi connectivity index (χ1v) is 6.53. The van der Waals surface area contributed by atoms with E-state index in [1.807, 2.05) is 20.0 Å². The Kier molecular flexibility index (Phi) is 3.69. The summed E-state index contributed by atoms with van der Waals surface area (Å²) in [6.07, 6.45) is 0.799. The molecule has 0 aliphatic heterocycles. The van der Waals surface area contributed by atoms with Crippen molar-refractivity contribution >= 4 is 11.7 Å². The fourth-order valence-electron chi connectivity index (χ4n) is 2.61. The van der Waals surface area contributed by atoms with Gasteiger partial charge in [0, 0.05) is 19.3 Å². The summed E-state index contributed by atoms with van der Waals surface area (Å²) in [5, 5.41) is 8.94. The SMILES string of the molecule is COc1cc(C)c(N(C)CC2CC2C(=O)O)cc1C. The van der Waals surface area contributed by atoms with Gasteiger partial charge in [0.1, 0.15) is 5.75 Å². The summed E-state index contributed by atoms with van der Waals surface area (Å²) in [4.78, 5) is 13.0. The van der Waals surface area contributed by atoms with Gasteiger partial charge in [-0.05, 0) is 49.4 Å². The Morgan fingerprint density at radius 2 is 2.11 bits per heavy atom. The van der Waals surface area contributed by atoms with Crippen LogP contribution in [0.3, 0.4) is 0 Å². The number of anilines is 1. The fourth-order valence-corrected chi connectivity index (χ4v) is 2.61. The predicted octanol–water partition coefficient (Wildman–Crippen LogP) is 2.47. The smallest absolute Gasteiger partial charge is 0.306 e. The Hall–Kier alpha value is -1.71. The maximum Gasteiger partial charge on any atom is 0.306 e. The van der Waals surface area contributed by atoms with Crippen molar-refractivity contribution in [1.82, 2.24) is 0 Å². The monoisotopic (exact) mass is 263 g/mol. The molecule has 0 spiro atoms. The second-order valence-corrected chi connectivity index (χ2v) is 5.43. The molecule has 19 heavy (non-hydrogen) atoms. The number of nitrogens with zero attached hydrogens (tertiary/aromatic N) is 1. The van der Waals surface area contributed by atoms with Crippen LogP contribution in [0.25, 0.3) is 0 Å². The largest absolute Gasteiger partial charge is 0.496 e. The van der Waals surface area contributed by atoms with Gasteiger partial charge in [-0.15, -0.1) is 0 Å². The number of hydrogen-bond donors (Lipinski definition) is 1. The van der Waals surface area contributed by atoms with Crippen LogP contribution < -0.4 is 9.64 Å². The van der Waals surface area contributed by atoms with Crippen LogP contribution in [-0.4, -0.2) is 31.8 Å². The summed E-state index contributed by atoms with van der Waals surface area (Å²) in [7, 11) is 3.69. The molecule has 1 aliphatic rings. The molecule has 2 unspecified atom stereocenters. The van der Waals surface area contributed by atoms with Gasteiger partial charge in [0.05, 0.1) is 13.0 Å². The molecule has 0 heterocycles. The van der Waals surface area contributed by atoms with Gasteiger partial charge in [0.25, 0.3) is 0 Å². The first-order chi connectivity index (χ1) is 8.93. The molecule has 1 aromatic rings. The van der Waals surface area contributed by atoms with Gasteiger partial charge >= 0.3 is 5.97 Å². The molecule has 2 atom stereocenters. The van der Waals surface area contributed by atoms with Crippen molar-refractivity contribution in [3.8, 4) is 5.75 Å². The zero-order chi connectivity index (χ0) is 14.2. The molecular formula is C15H21NO3. The first-order valence-electron chi connectivity index (χ1n) is 6.53. The van der Waals surface area contributed by atoms with E-state index in [2.05, 4.69) is 17.9 Å². The van der Waals surface area contributed by atoms with Gasteiger partial charge in [-0.3, -0.25) is 4.79 Å². The Morgan fingerprint density at radius 1 is 1.42 bits per heavy atom. The number of carboxylic acid groups (broad SMARTS) is 1. The minimum atomic E-state index is -0.666. The van der Waals surface area contributed by atoms with Crippen molar-refractivity contribution in [2.24, 2.45) is 11.8 Å². The van der Waals surface area contributed by atoms with Gasteiger partial charge in [0.2, 0.25) is 0 Å². The number of carboxylic acids is 1. The maximum absolute atomic E-state index is 10.9. The van der Waals surface area contributed by atoms with Crippen LogP contribution in [0, 0.1) is 25.7 Å². The molecule has 0 radical (unpaired) electrons. The van der Waals surface area contributed by atoms with Crippen LogP contribution in [0.2, 0.25) is 0 Å². The molecule has 4 nitrogen and oxygen atoms in total. The molecule has 1 aliphatic carbocycles. The van der Waals surface area contributed by atoms with Gasteiger partial charge < -0.3 is 14.7 Å². The van der Waals surface area contributed by atoms with E-state index in [1.54, 1.807) is 7.11 Å². The average Bonchev–Trinajstić information content (AvgIpc) is 3.10. The lowest BCUT2D eigenvalue weighted by Crippen LogP contribution is -2.22. The van der Waals surface area contributed by atoms with Crippen LogP contribution in [0.15, 0.2) is 12.1 Å². The fraction of sp³-hybridized carbons (Fsp3) is 0.533. The van der Waals surface area contributed by atoms with Gasteiger partial charge in [-0.1, -0.05) is 0 Å². The van der Waals surface area contributed by atoms with E-state index < -0.39 is 5.97 Å². The molecule has 1 N–H and O–H groups in total. The highest BCUT2D eigenvalue weighted by Gasteiger charge is 2.43. The van der Waals surface area contributed by atoms with Crippen LogP contribution in [0.5, 0.6) is 5.75 Å². The minimum Gasteiger partial charge on any atom is -0.496 e. The summed E-state index contributed by atoms with van der Waals surface area (Å²) in [6, 6.07) is 4.13. The van der Waals surface area contributed by atoms with Gasteiger partial charge in [-0.25, -0.2) is 0 Å². The molecule has 1 saturated carbocycles. The van der Waals surface area contributed by atoms with E-state index in [0.29, 0.717) is 0 Å². The van der Waals surface area contributed by atoms with E-state index in [4.69, 9.17) is 9.84 Å². The number of benzene rings is 1. The zero-order valence-corrected chi connectivity index (χ0v) is 11.9. The van der Waals surface area contributed by atoms with Crippen LogP contribution in [0.1, 0.15) is 17.5 Å². The quantitative estimate of drug-likeness (QED) is 0.886. The van der Waals surface area contributed by atoms with Gasteiger partial charge in [0.15, 0.2) is 0 Å². The third kappa shape index (κ3) is 2.83. The lowest BCUT2D eigenvalue weighted by atomic mass is 10.1. The molecule has 0 amide bonds. The third-order valence-electron chi connectivity index (χ3n) is 3.87. The second kappa shape index (κ2) is 5.11. The van der Waals surface area contributed by atoms with Crippen LogP contribution in [0.4, 0.5) is 5.69 Å². The Bertz CT molecular complexity index is 498. The molecule has 4 heteroatoms. The van der Waals surface area contributed by atoms with Crippen molar-refractivity contribution in [1.29, 1.82) is 0 Å². The summed E-state index contributed by atoms with van der Waals surface area (Å²) in [5.74, 6) is 0.358. The number of rotatable bonds is 5. The number of carbonyl (C=O) groups is 1. The van der Waals surface area contributed by atoms with E-state index in [1.165, 1.54) is 0 Å². The standard InChI is InChI=1S/C15H21NO3/c1-9-6-14(19-4)10(2)5-13(9)16(3)8-11-7-12(11)15(17)18/h5-6,11-12H,7-8H2,1-4H3,(H,17,18). The molecule has 104 valence electrons. The lowest BCUT2D eigenvalue weighted by molar-refractivity contribution is -0.138. The maximum atomic E-state index is 10.9. The molecular weight excluding hydrogens is 242 g/mol. The highest BCUT2D eigenvalue weighted by molar-refractivity contribution is 5.73. The Labute approximate surface area is 114 Å². The van der Waals surface area contributed by atoms with Crippen LogP contribution in [-0.2, 0) is 4.79 Å². The number of aliphatic carboxylic acids is 1. The molecule has 1 fully saturated rings. The summed E-state index contributed by atoms with van der Waals surface area (Å²) < 4.78 is 5.31. The summed E-state index contributed by atoms with van der Waals surface area (Å²) >= 11 is 0. The van der Waals surface area contributed by atoms with Gasteiger partial charge in [-0.2, -0.15) is 0 Å². The zero-order valence-electron chi connectivity index (χ0n) is 11.9. The third-order valence-corrected chi connectivity index (χ3v) is 3.87. The molecule has 0 saturated heterocycles. The Morgan fingerprint density at radius 3 is 2.63 bits per heavy atom. The average molecular weight is 263 g/mol. The molecule has 1 aromatic carbocycles. The molecule has 2 rings (SSSR count). The minimum absolute atomic E-state index is 0.151. The van der Waals surface area contributed by atoms with Crippen molar-refractivity contribution in [2.45, 2.75) is 20.3 Å². The lowest BCUT2D eigenvalue weighted by Gasteiger charge is -2.23. The topological polar surface area (TPSA) is 49.8 Å². The highest BCUT2D eigenvalue weighted by atomic mass is 16.5. The Balaban J connectivity index is 2.09. The number of methoxy groups -OCH3 is 1. The number of aryl methyl sites for hydroxylation is 2. The summed E-state index contributed by atoms with van der Waals surface area (Å²) in [6.45, 7) is 4.87. The normalized spacial score (nSPS) is 21.1. The molecule has 0 aromatic heterocycles. The highest BCUT2D eigenvalue weighted by Crippen LogP contribution is 2.40. The summed E-state index contributed by atoms with van der Waals surface area (Å²) in [5.41, 5.74) is 3.40. The molecule has 0 bridgehead atoms. The second-order valence-electron chi connectivity index (χ2n) is 5.43. The van der Waals surface area contributed by atoms with E-state index in [-0.39, 0.29) is 11.8 Å². The van der Waals surface area contributed by atoms with Crippen LogP contribution >= 0.6 is 0 Å². The first kappa shape index (κ1) is 13.7. The van der Waals surface area contributed by atoms with Crippen molar-refractivity contribution in [3.05, 3.63) is 23.3 Å². The van der Waals surface area contributed by atoms with E-state index in [0.717, 1.165) is 35.5 Å². The number of ether oxygens (including phenoxy) is 1. The number of hydrogen-bond acceptors (Lipinski definition) is 3. The van der Waals surface area contributed by atoms with E-state index >= 15 is 0 Å². The van der Waals surface area contributed by atoms with Crippen molar-refractivity contribution in [3.63, 3.8) is 0 Å². The van der Waals surface area contributed by atoms with Crippen molar-refractivity contribution < 1.29 is 14.6 Å². The van der Waals surface area contributed by atoms with E-state index in [9.17, 15) is 4.79 Å².